The van der Waals surface area contributed by atoms with E-state index in [1.54, 1.807) is 6.07 Å². The standard InChI is InChI=1S/C11H15BrN6/c1-6-8(7(2)18(3)17-6)5-14-11-15-9(12)4-10(13)16-11/h4H,5H2,1-3H3,(H3,13,14,15,16). The molecule has 2 heterocycles. The number of aromatic nitrogens is 4. The number of aryl methyl sites for hydroxylation is 2. The summed E-state index contributed by atoms with van der Waals surface area (Å²) in [4.78, 5) is 8.32. The topological polar surface area (TPSA) is 81.7 Å². The molecule has 0 bridgehead atoms. The second kappa shape index (κ2) is 4.93. The summed E-state index contributed by atoms with van der Waals surface area (Å²) in [5, 5.41) is 7.51. The van der Waals surface area contributed by atoms with E-state index in [1.807, 2.05) is 25.6 Å². The van der Waals surface area contributed by atoms with Crippen molar-refractivity contribution in [3.8, 4) is 0 Å². The minimum Gasteiger partial charge on any atom is -0.383 e. The summed E-state index contributed by atoms with van der Waals surface area (Å²) in [5.41, 5.74) is 8.94. The molecule has 6 nitrogen and oxygen atoms in total. The van der Waals surface area contributed by atoms with Crippen molar-refractivity contribution in [1.82, 2.24) is 19.7 Å². The molecule has 0 aliphatic rings. The fourth-order valence-electron chi connectivity index (χ4n) is 1.75. The first kappa shape index (κ1) is 12.8. The first-order chi connectivity index (χ1) is 8.47. The van der Waals surface area contributed by atoms with Crippen molar-refractivity contribution in [2.75, 3.05) is 11.1 Å². The highest BCUT2D eigenvalue weighted by Crippen LogP contribution is 2.16. The summed E-state index contributed by atoms with van der Waals surface area (Å²) in [7, 11) is 1.93. The predicted octanol–water partition coefficient (Wildman–Crippen LogP) is 1.78. The van der Waals surface area contributed by atoms with Crippen molar-refractivity contribution in [3.63, 3.8) is 0 Å². The van der Waals surface area contributed by atoms with Crippen LogP contribution in [-0.4, -0.2) is 19.7 Å². The molecule has 18 heavy (non-hydrogen) atoms. The van der Waals surface area contributed by atoms with Crippen molar-refractivity contribution in [2.45, 2.75) is 20.4 Å². The van der Waals surface area contributed by atoms with Crippen LogP contribution in [0.3, 0.4) is 0 Å². The van der Waals surface area contributed by atoms with Gasteiger partial charge in [-0.25, -0.2) is 4.98 Å². The Balaban J connectivity index is 2.16. The molecule has 2 aromatic heterocycles. The Morgan fingerprint density at radius 1 is 1.39 bits per heavy atom. The highest BCUT2D eigenvalue weighted by Gasteiger charge is 2.09. The Kier molecular flexibility index (Phi) is 3.51. The number of hydrogen-bond donors (Lipinski definition) is 2. The van der Waals surface area contributed by atoms with E-state index in [0.29, 0.717) is 22.9 Å². The van der Waals surface area contributed by atoms with Crippen LogP contribution in [0.15, 0.2) is 10.7 Å². The number of nitrogens with two attached hydrogens (primary N) is 1. The summed E-state index contributed by atoms with van der Waals surface area (Å²) in [6.07, 6.45) is 0. The Labute approximate surface area is 114 Å². The predicted molar refractivity (Wildman–Crippen MR) is 74.2 cm³/mol. The van der Waals surface area contributed by atoms with Crippen LogP contribution in [0.2, 0.25) is 0 Å². The van der Waals surface area contributed by atoms with E-state index in [2.05, 4.69) is 36.3 Å². The molecule has 0 spiro atoms. The molecule has 0 fully saturated rings. The second-order valence-corrected chi connectivity index (χ2v) is 4.88. The molecule has 96 valence electrons. The average molecular weight is 311 g/mol. The van der Waals surface area contributed by atoms with Gasteiger partial charge in [0.25, 0.3) is 0 Å². The minimum atomic E-state index is 0.430. The van der Waals surface area contributed by atoms with E-state index in [4.69, 9.17) is 5.73 Å². The van der Waals surface area contributed by atoms with Gasteiger partial charge < -0.3 is 11.1 Å². The second-order valence-electron chi connectivity index (χ2n) is 4.07. The van der Waals surface area contributed by atoms with E-state index in [0.717, 1.165) is 17.0 Å². The first-order valence-electron chi connectivity index (χ1n) is 5.50. The Hall–Kier alpha value is -1.63. The average Bonchev–Trinajstić information content (AvgIpc) is 2.50. The quantitative estimate of drug-likeness (QED) is 0.845. The van der Waals surface area contributed by atoms with Crippen molar-refractivity contribution in [1.29, 1.82) is 0 Å². The zero-order chi connectivity index (χ0) is 13.3. The Morgan fingerprint density at radius 2 is 2.11 bits per heavy atom. The fraction of sp³-hybridized carbons (Fsp3) is 0.364. The van der Waals surface area contributed by atoms with Crippen LogP contribution in [0.1, 0.15) is 17.0 Å². The van der Waals surface area contributed by atoms with Gasteiger partial charge in [0.1, 0.15) is 10.4 Å². The van der Waals surface area contributed by atoms with Crippen LogP contribution in [0.25, 0.3) is 0 Å². The van der Waals surface area contributed by atoms with E-state index in [1.165, 1.54) is 0 Å². The van der Waals surface area contributed by atoms with Crippen LogP contribution in [0.4, 0.5) is 11.8 Å². The summed E-state index contributed by atoms with van der Waals surface area (Å²) in [5.74, 6) is 0.934. The van der Waals surface area contributed by atoms with Crippen LogP contribution in [-0.2, 0) is 13.6 Å². The van der Waals surface area contributed by atoms with Crippen LogP contribution < -0.4 is 11.1 Å². The molecule has 2 aromatic rings. The molecule has 0 aliphatic carbocycles. The van der Waals surface area contributed by atoms with E-state index in [9.17, 15) is 0 Å². The van der Waals surface area contributed by atoms with Gasteiger partial charge >= 0.3 is 0 Å². The fourth-order valence-corrected chi connectivity index (χ4v) is 2.16. The number of nitrogens with zero attached hydrogens (tertiary/aromatic N) is 4. The molecule has 0 radical (unpaired) electrons. The lowest BCUT2D eigenvalue weighted by atomic mass is 10.2. The Morgan fingerprint density at radius 3 is 2.67 bits per heavy atom. The molecule has 0 aliphatic heterocycles. The molecule has 3 N–H and O–H groups in total. The van der Waals surface area contributed by atoms with Gasteiger partial charge in [0.15, 0.2) is 0 Å². The molecule has 0 atom stereocenters. The van der Waals surface area contributed by atoms with Crippen molar-refractivity contribution in [2.24, 2.45) is 7.05 Å². The summed E-state index contributed by atoms with van der Waals surface area (Å²) in [6.45, 7) is 4.65. The number of hydrogen-bond acceptors (Lipinski definition) is 5. The maximum absolute atomic E-state index is 5.65. The maximum atomic E-state index is 5.65. The molecule has 0 saturated heterocycles. The van der Waals surface area contributed by atoms with Gasteiger partial charge in [-0.05, 0) is 29.8 Å². The van der Waals surface area contributed by atoms with Crippen LogP contribution >= 0.6 is 15.9 Å². The number of halogens is 1. The lowest BCUT2D eigenvalue weighted by molar-refractivity contribution is 0.730. The lowest BCUT2D eigenvalue weighted by Gasteiger charge is -2.06. The van der Waals surface area contributed by atoms with Gasteiger partial charge in [0, 0.05) is 30.9 Å². The van der Waals surface area contributed by atoms with Crippen LogP contribution in [0, 0.1) is 13.8 Å². The molecular formula is C11H15BrN6. The molecule has 7 heteroatoms. The van der Waals surface area contributed by atoms with E-state index < -0.39 is 0 Å². The number of nitrogens with one attached hydrogen (secondary N) is 1. The van der Waals surface area contributed by atoms with Gasteiger partial charge in [-0.2, -0.15) is 10.1 Å². The normalized spacial score (nSPS) is 10.7. The zero-order valence-electron chi connectivity index (χ0n) is 10.5. The highest BCUT2D eigenvalue weighted by atomic mass is 79.9. The van der Waals surface area contributed by atoms with Gasteiger partial charge in [-0.1, -0.05) is 0 Å². The molecule has 0 saturated carbocycles. The molecule has 0 amide bonds. The highest BCUT2D eigenvalue weighted by molar-refractivity contribution is 9.10. The van der Waals surface area contributed by atoms with Gasteiger partial charge in [-0.3, -0.25) is 4.68 Å². The third kappa shape index (κ3) is 2.61. The molecular weight excluding hydrogens is 296 g/mol. The zero-order valence-corrected chi connectivity index (χ0v) is 12.1. The molecule has 0 unspecified atom stereocenters. The largest absolute Gasteiger partial charge is 0.383 e. The van der Waals surface area contributed by atoms with E-state index >= 15 is 0 Å². The number of rotatable bonds is 3. The van der Waals surface area contributed by atoms with Gasteiger partial charge in [-0.15, -0.1) is 0 Å². The van der Waals surface area contributed by atoms with E-state index in [-0.39, 0.29) is 0 Å². The number of nitrogen functional groups attached to an aromatic ring is 1. The first-order valence-corrected chi connectivity index (χ1v) is 6.29. The van der Waals surface area contributed by atoms with Crippen LogP contribution in [0.5, 0.6) is 0 Å². The Bertz CT molecular complexity index is 557. The number of anilines is 2. The summed E-state index contributed by atoms with van der Waals surface area (Å²) >= 11 is 3.28. The summed E-state index contributed by atoms with van der Waals surface area (Å²) in [6, 6.07) is 1.66. The van der Waals surface area contributed by atoms with Crippen molar-refractivity contribution in [3.05, 3.63) is 27.6 Å². The third-order valence-electron chi connectivity index (χ3n) is 2.80. The summed E-state index contributed by atoms with van der Waals surface area (Å²) < 4.78 is 2.53. The molecule has 0 aromatic carbocycles. The third-order valence-corrected chi connectivity index (χ3v) is 3.20. The monoisotopic (exact) mass is 310 g/mol. The van der Waals surface area contributed by atoms with Gasteiger partial charge in [0.05, 0.1) is 5.69 Å². The van der Waals surface area contributed by atoms with Crippen molar-refractivity contribution >= 4 is 27.7 Å². The van der Waals surface area contributed by atoms with Gasteiger partial charge in [0.2, 0.25) is 5.95 Å². The molecule has 2 rings (SSSR count). The smallest absolute Gasteiger partial charge is 0.225 e. The SMILES string of the molecule is Cc1nn(C)c(C)c1CNc1nc(N)cc(Br)n1. The van der Waals surface area contributed by atoms with Crippen molar-refractivity contribution < 1.29 is 0 Å². The lowest BCUT2D eigenvalue weighted by Crippen LogP contribution is -2.07. The maximum Gasteiger partial charge on any atom is 0.225 e. The minimum absolute atomic E-state index is 0.430.